The van der Waals surface area contributed by atoms with Crippen molar-refractivity contribution in [3.05, 3.63) is 54.3 Å². The zero-order chi connectivity index (χ0) is 21.8. The molecule has 1 amide bonds. The predicted molar refractivity (Wildman–Crippen MR) is 109 cm³/mol. The zero-order valence-corrected chi connectivity index (χ0v) is 16.4. The van der Waals surface area contributed by atoms with E-state index in [1.807, 2.05) is 13.0 Å². The molecule has 158 valence electrons. The van der Waals surface area contributed by atoms with Crippen molar-refractivity contribution in [2.24, 2.45) is 0 Å². The number of hydrogen-bond acceptors (Lipinski definition) is 8. The highest BCUT2D eigenvalue weighted by molar-refractivity contribution is 5.92. The van der Waals surface area contributed by atoms with Gasteiger partial charge in [-0.05, 0) is 43.3 Å². The van der Waals surface area contributed by atoms with E-state index < -0.39 is 0 Å². The molecular formula is C20H18FN7O3. The van der Waals surface area contributed by atoms with Crippen molar-refractivity contribution >= 4 is 17.4 Å². The Morgan fingerprint density at radius 1 is 1.23 bits per heavy atom. The second-order valence-corrected chi connectivity index (χ2v) is 6.39. The Hall–Kier alpha value is -4.28. The summed E-state index contributed by atoms with van der Waals surface area (Å²) in [6.45, 7) is 2.14. The first-order valence-corrected chi connectivity index (χ1v) is 9.35. The zero-order valence-electron chi connectivity index (χ0n) is 16.4. The Morgan fingerprint density at radius 2 is 2.00 bits per heavy atom. The van der Waals surface area contributed by atoms with Gasteiger partial charge < -0.3 is 20.3 Å². The Kier molecular flexibility index (Phi) is 5.56. The third-order valence-corrected chi connectivity index (χ3v) is 4.26. The summed E-state index contributed by atoms with van der Waals surface area (Å²) in [5.74, 6) is 0.182. The smallest absolute Gasteiger partial charge is 0.282 e. The number of aromatic nitrogens is 5. The van der Waals surface area contributed by atoms with Crippen molar-refractivity contribution in [3.8, 4) is 28.7 Å². The number of halogens is 1. The highest BCUT2D eigenvalue weighted by Gasteiger charge is 2.20. The van der Waals surface area contributed by atoms with Crippen LogP contribution in [0.3, 0.4) is 0 Å². The molecular weight excluding hydrogens is 405 g/mol. The number of anilines is 2. The standard InChI is InChI=1S/C20H18FN7O3/c1-2-30-15-6-4-3-5-14(15)23-16(29)11-28-18(22)17(25-27-28)20-24-19(26-31-20)12-7-9-13(21)10-8-12/h3-10H,2,11,22H2,1H3,(H,23,29). The van der Waals surface area contributed by atoms with Crippen molar-refractivity contribution in [1.29, 1.82) is 0 Å². The summed E-state index contributed by atoms with van der Waals surface area (Å²) in [6, 6.07) is 12.7. The van der Waals surface area contributed by atoms with Gasteiger partial charge in [-0.15, -0.1) is 5.10 Å². The minimum absolute atomic E-state index is 0.0326. The van der Waals surface area contributed by atoms with E-state index in [0.29, 0.717) is 23.6 Å². The number of amides is 1. The number of ether oxygens (including phenoxy) is 1. The molecule has 0 spiro atoms. The van der Waals surface area contributed by atoms with Gasteiger partial charge >= 0.3 is 0 Å². The summed E-state index contributed by atoms with van der Waals surface area (Å²) in [5.41, 5.74) is 7.32. The minimum Gasteiger partial charge on any atom is -0.492 e. The molecule has 31 heavy (non-hydrogen) atoms. The fraction of sp³-hybridized carbons (Fsp3) is 0.150. The van der Waals surface area contributed by atoms with Crippen LogP contribution in [0.2, 0.25) is 0 Å². The highest BCUT2D eigenvalue weighted by atomic mass is 19.1. The quantitative estimate of drug-likeness (QED) is 0.463. The van der Waals surface area contributed by atoms with E-state index in [2.05, 4.69) is 25.8 Å². The van der Waals surface area contributed by atoms with Crippen LogP contribution in [0.4, 0.5) is 15.9 Å². The van der Waals surface area contributed by atoms with E-state index in [1.165, 1.54) is 28.9 Å². The molecule has 2 aromatic carbocycles. The van der Waals surface area contributed by atoms with Crippen molar-refractivity contribution < 1.29 is 18.4 Å². The summed E-state index contributed by atoms with van der Waals surface area (Å²) in [7, 11) is 0. The van der Waals surface area contributed by atoms with E-state index in [0.717, 1.165) is 0 Å². The lowest BCUT2D eigenvalue weighted by atomic mass is 10.2. The lowest BCUT2D eigenvalue weighted by molar-refractivity contribution is -0.116. The molecule has 11 heteroatoms. The Bertz CT molecular complexity index is 1200. The summed E-state index contributed by atoms with van der Waals surface area (Å²) in [4.78, 5) is 16.7. The van der Waals surface area contributed by atoms with Gasteiger partial charge in [-0.3, -0.25) is 4.79 Å². The van der Waals surface area contributed by atoms with Crippen LogP contribution in [0.15, 0.2) is 53.1 Å². The number of nitrogens with zero attached hydrogens (tertiary/aromatic N) is 5. The highest BCUT2D eigenvalue weighted by Crippen LogP contribution is 2.26. The Labute approximate surface area is 175 Å². The van der Waals surface area contributed by atoms with Gasteiger partial charge in [-0.1, -0.05) is 22.5 Å². The Balaban J connectivity index is 1.49. The molecule has 4 aromatic rings. The molecule has 2 aromatic heterocycles. The number of nitrogen functional groups attached to an aromatic ring is 1. The molecule has 3 N–H and O–H groups in total. The normalized spacial score (nSPS) is 10.8. The Morgan fingerprint density at radius 3 is 2.77 bits per heavy atom. The second-order valence-electron chi connectivity index (χ2n) is 6.39. The van der Waals surface area contributed by atoms with Gasteiger partial charge in [0.2, 0.25) is 11.7 Å². The summed E-state index contributed by atoms with van der Waals surface area (Å²) >= 11 is 0. The number of hydrogen-bond donors (Lipinski definition) is 2. The van der Waals surface area contributed by atoms with Gasteiger partial charge in [0.15, 0.2) is 11.5 Å². The van der Waals surface area contributed by atoms with Gasteiger partial charge in [-0.25, -0.2) is 9.07 Å². The van der Waals surface area contributed by atoms with E-state index in [-0.39, 0.29) is 41.5 Å². The van der Waals surface area contributed by atoms with Crippen LogP contribution in [-0.4, -0.2) is 37.6 Å². The van der Waals surface area contributed by atoms with E-state index in [9.17, 15) is 9.18 Å². The predicted octanol–water partition coefficient (Wildman–Crippen LogP) is 2.75. The molecule has 2 heterocycles. The van der Waals surface area contributed by atoms with Crippen molar-refractivity contribution in [1.82, 2.24) is 25.1 Å². The van der Waals surface area contributed by atoms with Gasteiger partial charge in [0.25, 0.3) is 5.89 Å². The van der Waals surface area contributed by atoms with Crippen molar-refractivity contribution in [2.75, 3.05) is 17.7 Å². The molecule has 4 rings (SSSR count). The SMILES string of the molecule is CCOc1ccccc1NC(=O)Cn1nnc(-c2nc(-c3ccc(F)cc3)no2)c1N. The number of para-hydroxylation sites is 2. The number of nitrogens with two attached hydrogens (primary N) is 1. The van der Waals surface area contributed by atoms with Crippen molar-refractivity contribution in [3.63, 3.8) is 0 Å². The molecule has 10 nitrogen and oxygen atoms in total. The number of carbonyl (C=O) groups excluding carboxylic acids is 1. The minimum atomic E-state index is -0.373. The van der Waals surface area contributed by atoms with Crippen LogP contribution in [0.1, 0.15) is 6.92 Å². The van der Waals surface area contributed by atoms with E-state index >= 15 is 0 Å². The number of nitrogens with one attached hydrogen (secondary N) is 1. The van der Waals surface area contributed by atoms with Gasteiger partial charge in [0.05, 0.1) is 12.3 Å². The summed E-state index contributed by atoms with van der Waals surface area (Å²) < 4.78 is 25.0. The third-order valence-electron chi connectivity index (χ3n) is 4.26. The van der Waals surface area contributed by atoms with Gasteiger partial charge in [-0.2, -0.15) is 4.98 Å². The fourth-order valence-corrected chi connectivity index (χ4v) is 2.80. The molecule has 0 bridgehead atoms. The molecule has 0 radical (unpaired) electrons. The summed E-state index contributed by atoms with van der Waals surface area (Å²) in [5, 5.41) is 14.5. The first-order chi connectivity index (χ1) is 15.0. The van der Waals surface area contributed by atoms with Gasteiger partial charge in [0.1, 0.15) is 18.1 Å². The van der Waals surface area contributed by atoms with Crippen LogP contribution in [0.5, 0.6) is 5.75 Å². The molecule has 0 fully saturated rings. The van der Waals surface area contributed by atoms with E-state index in [4.69, 9.17) is 15.0 Å². The fourth-order valence-electron chi connectivity index (χ4n) is 2.80. The molecule has 0 saturated carbocycles. The average Bonchev–Trinajstić information content (AvgIpc) is 3.38. The first kappa shape index (κ1) is 20.0. The molecule has 0 unspecified atom stereocenters. The first-order valence-electron chi connectivity index (χ1n) is 9.35. The van der Waals surface area contributed by atoms with Crippen LogP contribution in [0, 0.1) is 5.82 Å². The molecule has 0 saturated heterocycles. The summed E-state index contributed by atoms with van der Waals surface area (Å²) in [6.07, 6.45) is 0. The average molecular weight is 423 g/mol. The maximum atomic E-state index is 13.1. The monoisotopic (exact) mass is 423 g/mol. The number of rotatable bonds is 7. The largest absolute Gasteiger partial charge is 0.492 e. The molecule has 0 aliphatic carbocycles. The maximum Gasteiger partial charge on any atom is 0.282 e. The van der Waals surface area contributed by atoms with Crippen LogP contribution >= 0.6 is 0 Å². The number of benzene rings is 2. The topological polar surface area (TPSA) is 134 Å². The van der Waals surface area contributed by atoms with Crippen LogP contribution in [0.25, 0.3) is 23.0 Å². The van der Waals surface area contributed by atoms with E-state index in [1.54, 1.807) is 18.2 Å². The lowest BCUT2D eigenvalue weighted by Gasteiger charge is -2.11. The van der Waals surface area contributed by atoms with Crippen molar-refractivity contribution in [2.45, 2.75) is 13.5 Å². The van der Waals surface area contributed by atoms with Gasteiger partial charge in [0, 0.05) is 5.56 Å². The number of carbonyl (C=O) groups is 1. The van der Waals surface area contributed by atoms with Crippen LogP contribution < -0.4 is 15.8 Å². The molecule has 0 aliphatic heterocycles. The lowest BCUT2D eigenvalue weighted by Crippen LogP contribution is -2.21. The van der Waals surface area contributed by atoms with Crippen LogP contribution in [-0.2, 0) is 11.3 Å². The maximum absolute atomic E-state index is 13.1. The molecule has 0 aliphatic rings. The second kappa shape index (κ2) is 8.61. The molecule has 0 atom stereocenters. The third kappa shape index (κ3) is 4.34.